The number of aliphatic hydroxyl groups is 1. The molecule has 7 atom stereocenters. The monoisotopic (exact) mass is 421 g/mol. The fraction of sp³-hybridized carbons (Fsp3) is 0.630. The van der Waals surface area contributed by atoms with Crippen LogP contribution in [-0.4, -0.2) is 27.3 Å². The molecule has 0 aromatic carbocycles. The van der Waals surface area contributed by atoms with Gasteiger partial charge in [0, 0.05) is 18.8 Å². The molecule has 0 amide bonds. The van der Waals surface area contributed by atoms with E-state index in [4.69, 9.17) is 0 Å². The molecule has 4 aliphatic carbocycles. The minimum atomic E-state index is -0.723. The van der Waals surface area contributed by atoms with Crippen LogP contribution in [0.1, 0.15) is 70.8 Å². The summed E-state index contributed by atoms with van der Waals surface area (Å²) in [5.41, 5.74) is 4.37. The second-order valence-corrected chi connectivity index (χ2v) is 10.9. The van der Waals surface area contributed by atoms with E-state index in [1.807, 2.05) is 18.5 Å². The van der Waals surface area contributed by atoms with Crippen molar-refractivity contribution in [2.24, 2.45) is 34.5 Å². The summed E-state index contributed by atoms with van der Waals surface area (Å²) in [5.74, 6) is 1.36. The van der Waals surface area contributed by atoms with Crippen molar-refractivity contribution in [1.82, 2.24) is 4.98 Å². The summed E-state index contributed by atoms with van der Waals surface area (Å²) >= 11 is 0. The van der Waals surface area contributed by atoms with Crippen LogP contribution in [0.2, 0.25) is 0 Å². The summed E-state index contributed by atoms with van der Waals surface area (Å²) in [7, 11) is 0. The van der Waals surface area contributed by atoms with Gasteiger partial charge in [-0.15, -0.1) is 0 Å². The third kappa shape index (κ3) is 3.21. The van der Waals surface area contributed by atoms with Crippen molar-refractivity contribution in [3.05, 3.63) is 47.8 Å². The quantitative estimate of drug-likeness (QED) is 0.631. The molecule has 0 saturated heterocycles. The summed E-state index contributed by atoms with van der Waals surface area (Å²) in [6.07, 6.45) is 15.4. The highest BCUT2D eigenvalue weighted by atomic mass is 16.4. The van der Waals surface area contributed by atoms with Crippen LogP contribution in [0.25, 0.3) is 5.57 Å². The number of carboxylic acid groups (broad SMARTS) is 1. The van der Waals surface area contributed by atoms with Gasteiger partial charge in [0.15, 0.2) is 0 Å². The van der Waals surface area contributed by atoms with Crippen molar-refractivity contribution in [2.75, 3.05) is 0 Å². The third-order valence-corrected chi connectivity index (χ3v) is 9.66. The number of carbonyl (C=O) groups is 1. The Hall–Kier alpha value is -1.94. The second kappa shape index (κ2) is 7.58. The molecule has 2 fully saturated rings. The van der Waals surface area contributed by atoms with Crippen molar-refractivity contribution < 1.29 is 15.0 Å². The second-order valence-electron chi connectivity index (χ2n) is 10.9. The number of rotatable bonds is 4. The standard InChI is InChI=1S/C27H35NO3/c1-26-12-11-24-21(23(26)9-8-22(26)17-4-3-13-28-16-17)7-5-18-14-20(29)15-19(27(18,24)2)6-10-25(30)31/h3-5,8,13,16,19-21,23-24,29H,6-7,9-12,14-15H2,1-2H3,(H,30,31)/t19?,20?,21-,23-,24-,26+,27+/m0/s1. The zero-order valence-corrected chi connectivity index (χ0v) is 18.8. The lowest BCUT2D eigenvalue weighted by Crippen LogP contribution is -2.53. The number of nitrogens with zero attached hydrogens (tertiary/aromatic N) is 1. The molecule has 4 heteroatoms. The number of aliphatic hydroxyl groups excluding tert-OH is 1. The molecule has 31 heavy (non-hydrogen) atoms. The molecule has 2 saturated carbocycles. The average molecular weight is 422 g/mol. The predicted octanol–water partition coefficient (Wildman–Crippen LogP) is 5.49. The highest BCUT2D eigenvalue weighted by molar-refractivity contribution is 5.72. The first-order valence-corrected chi connectivity index (χ1v) is 12.0. The normalized spacial score (nSPS) is 41.5. The number of carboxylic acids is 1. The number of hydrogen-bond acceptors (Lipinski definition) is 3. The number of hydrogen-bond donors (Lipinski definition) is 2. The number of allylic oxidation sites excluding steroid dienone is 3. The van der Waals surface area contributed by atoms with E-state index in [1.54, 1.807) is 0 Å². The molecule has 166 valence electrons. The van der Waals surface area contributed by atoms with Gasteiger partial charge in [0.1, 0.15) is 0 Å². The van der Waals surface area contributed by atoms with E-state index in [9.17, 15) is 15.0 Å². The van der Waals surface area contributed by atoms with E-state index in [1.165, 1.54) is 29.6 Å². The molecule has 0 bridgehead atoms. The van der Waals surface area contributed by atoms with Gasteiger partial charge >= 0.3 is 5.97 Å². The summed E-state index contributed by atoms with van der Waals surface area (Å²) in [6, 6.07) is 4.23. The molecule has 0 aliphatic heterocycles. The Balaban J connectivity index is 1.46. The van der Waals surface area contributed by atoms with Gasteiger partial charge in [0.25, 0.3) is 0 Å². The van der Waals surface area contributed by atoms with Gasteiger partial charge in [-0.05, 0) is 96.7 Å². The number of aliphatic carboxylic acids is 1. The molecule has 4 nitrogen and oxygen atoms in total. The fourth-order valence-corrected chi connectivity index (χ4v) is 8.13. The molecule has 1 aromatic heterocycles. The smallest absolute Gasteiger partial charge is 0.303 e. The van der Waals surface area contributed by atoms with Crippen LogP contribution >= 0.6 is 0 Å². The highest BCUT2D eigenvalue weighted by Gasteiger charge is 2.59. The van der Waals surface area contributed by atoms with Crippen molar-refractivity contribution in [3.63, 3.8) is 0 Å². The number of pyridine rings is 1. The molecule has 1 aromatic rings. The third-order valence-electron chi connectivity index (χ3n) is 9.66. The van der Waals surface area contributed by atoms with Crippen molar-refractivity contribution in [1.29, 1.82) is 0 Å². The van der Waals surface area contributed by atoms with Gasteiger partial charge in [-0.3, -0.25) is 9.78 Å². The zero-order valence-electron chi connectivity index (χ0n) is 18.8. The molecule has 0 radical (unpaired) electrons. The highest BCUT2D eigenvalue weighted by Crippen LogP contribution is 2.67. The first-order chi connectivity index (χ1) is 14.8. The Morgan fingerprint density at radius 3 is 2.81 bits per heavy atom. The molecule has 1 heterocycles. The Morgan fingerprint density at radius 2 is 2.06 bits per heavy atom. The van der Waals surface area contributed by atoms with Gasteiger partial charge < -0.3 is 10.2 Å². The molecule has 5 rings (SSSR count). The SMILES string of the molecule is C[C@]12CC[C@H]3[C@@H](CC=C4CC(O)CC(CCC(=O)O)[C@@]43C)[C@@H]1CC=C2c1cccnc1. The van der Waals surface area contributed by atoms with Crippen LogP contribution in [0.4, 0.5) is 0 Å². The van der Waals surface area contributed by atoms with Crippen molar-refractivity contribution >= 4 is 11.5 Å². The Morgan fingerprint density at radius 1 is 1.23 bits per heavy atom. The summed E-state index contributed by atoms with van der Waals surface area (Å²) in [4.78, 5) is 15.7. The van der Waals surface area contributed by atoms with Crippen LogP contribution in [0.15, 0.2) is 42.3 Å². The number of aromatic nitrogens is 1. The molecule has 0 spiro atoms. The van der Waals surface area contributed by atoms with Gasteiger partial charge in [-0.1, -0.05) is 37.6 Å². The van der Waals surface area contributed by atoms with Crippen LogP contribution < -0.4 is 0 Å². The summed E-state index contributed by atoms with van der Waals surface area (Å²) in [6.45, 7) is 4.87. The largest absolute Gasteiger partial charge is 0.481 e. The summed E-state index contributed by atoms with van der Waals surface area (Å²) < 4.78 is 0. The van der Waals surface area contributed by atoms with Crippen molar-refractivity contribution in [2.45, 2.75) is 71.3 Å². The average Bonchev–Trinajstić information content (AvgIpc) is 3.10. The van der Waals surface area contributed by atoms with Gasteiger partial charge in [0.05, 0.1) is 6.10 Å². The lowest BCUT2D eigenvalue weighted by Gasteiger charge is -2.60. The van der Waals surface area contributed by atoms with Crippen molar-refractivity contribution in [3.8, 4) is 0 Å². The lowest BCUT2D eigenvalue weighted by molar-refractivity contribution is -0.138. The van der Waals surface area contributed by atoms with Crippen LogP contribution in [0.3, 0.4) is 0 Å². The van der Waals surface area contributed by atoms with Crippen LogP contribution in [0, 0.1) is 34.5 Å². The maximum atomic E-state index is 11.3. The minimum absolute atomic E-state index is 0.0238. The van der Waals surface area contributed by atoms with Gasteiger partial charge in [-0.25, -0.2) is 0 Å². The van der Waals surface area contributed by atoms with E-state index >= 15 is 0 Å². The number of fused-ring (bicyclic) bond motifs is 5. The van der Waals surface area contributed by atoms with E-state index in [0.29, 0.717) is 24.2 Å². The molecule has 4 aliphatic rings. The van der Waals surface area contributed by atoms with E-state index in [2.05, 4.69) is 37.0 Å². The fourth-order valence-electron chi connectivity index (χ4n) is 8.13. The molecular weight excluding hydrogens is 386 g/mol. The Kier molecular flexibility index (Phi) is 5.12. The van der Waals surface area contributed by atoms with E-state index < -0.39 is 5.97 Å². The summed E-state index contributed by atoms with van der Waals surface area (Å²) in [5, 5.41) is 19.9. The molecule has 2 unspecified atom stereocenters. The predicted molar refractivity (Wildman–Crippen MR) is 121 cm³/mol. The maximum Gasteiger partial charge on any atom is 0.303 e. The zero-order chi connectivity index (χ0) is 21.8. The Bertz CT molecular complexity index is 922. The Labute approximate surface area is 185 Å². The molecular formula is C27H35NO3. The first kappa shape index (κ1) is 20.9. The first-order valence-electron chi connectivity index (χ1n) is 12.0. The van der Waals surface area contributed by atoms with E-state index in [0.717, 1.165) is 25.7 Å². The minimum Gasteiger partial charge on any atom is -0.481 e. The van der Waals surface area contributed by atoms with Gasteiger partial charge in [-0.2, -0.15) is 0 Å². The van der Waals surface area contributed by atoms with Crippen LogP contribution in [0.5, 0.6) is 0 Å². The maximum absolute atomic E-state index is 11.3. The molecule has 2 N–H and O–H groups in total. The topological polar surface area (TPSA) is 70.4 Å². The lowest BCUT2D eigenvalue weighted by atomic mass is 9.44. The van der Waals surface area contributed by atoms with Crippen LogP contribution in [-0.2, 0) is 4.79 Å². The van der Waals surface area contributed by atoms with E-state index in [-0.39, 0.29) is 29.3 Å². The van der Waals surface area contributed by atoms with Gasteiger partial charge in [0.2, 0.25) is 0 Å².